The van der Waals surface area contributed by atoms with E-state index in [9.17, 15) is 18.6 Å². The number of rotatable bonds is 7. The van der Waals surface area contributed by atoms with E-state index in [4.69, 9.17) is 18.4 Å². The summed E-state index contributed by atoms with van der Waals surface area (Å²) in [5, 5.41) is 23.6. The first-order chi connectivity index (χ1) is 19.3. The number of hydrogen-bond donors (Lipinski definition) is 2. The van der Waals surface area contributed by atoms with Crippen LogP contribution >= 0.6 is 0 Å². The van der Waals surface area contributed by atoms with Gasteiger partial charge in [0.05, 0.1) is 6.61 Å². The second-order valence-electron chi connectivity index (χ2n) is 11.7. The molecule has 2 heterocycles. The molecule has 3 aromatic rings. The van der Waals surface area contributed by atoms with E-state index in [2.05, 4.69) is 0 Å². The zero-order chi connectivity index (χ0) is 29.7. The number of hydrogen-bond acceptors (Lipinski definition) is 8. The standard InChI is InChI=1S/C32H38O8S/c1-7-14-37-22-8-10-25(27(17-22)40-41(35,36)29-20(3)15-19(2)16-21(29)4)32(34)18-38-28-23-12-13-31(5,6)39-26(23)11-9-24(28)30(32)33/h8-11,15-17,30,33-34H,7,12-14,18H2,1-6H3. The van der Waals surface area contributed by atoms with Crippen molar-refractivity contribution < 1.29 is 37.0 Å². The van der Waals surface area contributed by atoms with Crippen LogP contribution in [0.1, 0.15) is 73.1 Å². The number of fused-ring (bicyclic) bond motifs is 3. The van der Waals surface area contributed by atoms with Gasteiger partial charge in [0, 0.05) is 22.8 Å². The fourth-order valence-corrected chi connectivity index (χ4v) is 7.19. The lowest BCUT2D eigenvalue weighted by Gasteiger charge is -2.41. The van der Waals surface area contributed by atoms with Crippen LogP contribution in [0.15, 0.2) is 47.4 Å². The summed E-state index contributed by atoms with van der Waals surface area (Å²) in [6.45, 7) is 11.4. The SMILES string of the molecule is CCCOc1ccc(C2(O)COc3c(ccc4c3CCC(C)(C)O4)C2O)c(OS(=O)(=O)c2c(C)cc(C)cc2C)c1. The Hall–Kier alpha value is -3.27. The van der Waals surface area contributed by atoms with Crippen molar-refractivity contribution in [3.05, 3.63) is 75.8 Å². The van der Waals surface area contributed by atoms with Crippen LogP contribution in [0.25, 0.3) is 0 Å². The quantitative estimate of drug-likeness (QED) is 0.347. The van der Waals surface area contributed by atoms with Gasteiger partial charge in [0.1, 0.15) is 40.5 Å². The van der Waals surface area contributed by atoms with E-state index in [0.29, 0.717) is 47.0 Å². The topological polar surface area (TPSA) is 112 Å². The third-order valence-electron chi connectivity index (χ3n) is 7.74. The second-order valence-corrected chi connectivity index (χ2v) is 13.2. The number of aryl methyl sites for hydroxylation is 3. The molecule has 8 nitrogen and oxygen atoms in total. The highest BCUT2D eigenvalue weighted by Crippen LogP contribution is 2.51. The monoisotopic (exact) mass is 582 g/mol. The van der Waals surface area contributed by atoms with E-state index in [1.54, 1.807) is 44.2 Å². The third-order valence-corrected chi connectivity index (χ3v) is 9.28. The van der Waals surface area contributed by atoms with Gasteiger partial charge in [-0.1, -0.05) is 24.6 Å². The molecular formula is C32H38O8S. The van der Waals surface area contributed by atoms with E-state index >= 15 is 0 Å². The van der Waals surface area contributed by atoms with E-state index in [0.717, 1.165) is 24.0 Å². The van der Waals surface area contributed by atoms with Gasteiger partial charge in [0.2, 0.25) is 0 Å². The van der Waals surface area contributed by atoms with Crippen LogP contribution in [0.4, 0.5) is 0 Å². The lowest BCUT2D eigenvalue weighted by atomic mass is 9.81. The van der Waals surface area contributed by atoms with Crippen molar-refractivity contribution in [2.24, 2.45) is 0 Å². The van der Waals surface area contributed by atoms with E-state index < -0.39 is 21.8 Å². The smallest absolute Gasteiger partial charge is 0.339 e. The molecule has 2 unspecified atom stereocenters. The van der Waals surface area contributed by atoms with E-state index in [-0.39, 0.29) is 28.4 Å². The van der Waals surface area contributed by atoms with Crippen LogP contribution in [0, 0.1) is 20.8 Å². The Kier molecular flexibility index (Phi) is 7.51. The molecule has 3 aromatic carbocycles. The van der Waals surface area contributed by atoms with Gasteiger partial charge in [-0.2, -0.15) is 8.42 Å². The Balaban J connectivity index is 1.58. The number of benzene rings is 3. The van der Waals surface area contributed by atoms with Crippen molar-refractivity contribution in [3.8, 4) is 23.0 Å². The first kappa shape index (κ1) is 29.2. The normalized spacial score (nSPS) is 21.2. The van der Waals surface area contributed by atoms with Crippen LogP contribution in [0.5, 0.6) is 23.0 Å². The number of ether oxygens (including phenoxy) is 3. The highest BCUT2D eigenvalue weighted by Gasteiger charge is 2.48. The Morgan fingerprint density at radius 2 is 1.76 bits per heavy atom. The number of aliphatic hydroxyl groups excluding tert-OH is 1. The van der Waals surface area contributed by atoms with Crippen molar-refractivity contribution >= 4 is 10.1 Å². The Labute approximate surface area is 242 Å². The predicted octanol–water partition coefficient (Wildman–Crippen LogP) is 5.59. The highest BCUT2D eigenvalue weighted by atomic mass is 32.2. The molecule has 0 saturated carbocycles. The van der Waals surface area contributed by atoms with Crippen molar-refractivity contribution in [1.82, 2.24) is 0 Å². The molecule has 220 valence electrons. The molecule has 0 bridgehead atoms. The molecule has 2 atom stereocenters. The zero-order valence-electron chi connectivity index (χ0n) is 24.4. The zero-order valence-corrected chi connectivity index (χ0v) is 25.2. The first-order valence-corrected chi connectivity index (χ1v) is 15.3. The summed E-state index contributed by atoms with van der Waals surface area (Å²) in [6, 6.07) is 11.6. The summed E-state index contributed by atoms with van der Waals surface area (Å²) in [4.78, 5) is 0.0567. The number of aliphatic hydroxyl groups is 2. The second kappa shape index (κ2) is 10.5. The molecule has 41 heavy (non-hydrogen) atoms. The van der Waals surface area contributed by atoms with Gasteiger partial charge in [0.15, 0.2) is 11.4 Å². The summed E-state index contributed by atoms with van der Waals surface area (Å²) in [7, 11) is -4.32. The first-order valence-electron chi connectivity index (χ1n) is 13.9. The van der Waals surface area contributed by atoms with Crippen molar-refractivity contribution in [1.29, 1.82) is 0 Å². The molecule has 2 N–H and O–H groups in total. The van der Waals surface area contributed by atoms with Gasteiger partial charge in [0.25, 0.3) is 0 Å². The van der Waals surface area contributed by atoms with Crippen LogP contribution in [0.3, 0.4) is 0 Å². The molecular weight excluding hydrogens is 544 g/mol. The van der Waals surface area contributed by atoms with Gasteiger partial charge in [-0.05, 0) is 89.3 Å². The fourth-order valence-electron chi connectivity index (χ4n) is 5.82. The van der Waals surface area contributed by atoms with Crippen LogP contribution < -0.4 is 18.4 Å². The molecule has 9 heteroatoms. The Morgan fingerprint density at radius 3 is 2.44 bits per heavy atom. The summed E-state index contributed by atoms with van der Waals surface area (Å²) in [6.07, 6.45) is 0.785. The molecule has 0 spiro atoms. The average molecular weight is 583 g/mol. The van der Waals surface area contributed by atoms with Gasteiger partial charge in [-0.15, -0.1) is 0 Å². The summed E-state index contributed by atoms with van der Waals surface area (Å²) in [5.74, 6) is 1.41. The highest BCUT2D eigenvalue weighted by molar-refractivity contribution is 7.87. The Morgan fingerprint density at radius 1 is 1.05 bits per heavy atom. The molecule has 0 aliphatic carbocycles. The van der Waals surface area contributed by atoms with Gasteiger partial charge < -0.3 is 28.6 Å². The van der Waals surface area contributed by atoms with Gasteiger partial charge >= 0.3 is 10.1 Å². The third kappa shape index (κ3) is 5.38. The minimum Gasteiger partial charge on any atom is -0.493 e. The average Bonchev–Trinajstić information content (AvgIpc) is 2.87. The Bertz CT molecular complexity index is 1570. The van der Waals surface area contributed by atoms with Crippen molar-refractivity contribution in [3.63, 3.8) is 0 Å². The largest absolute Gasteiger partial charge is 0.493 e. The van der Waals surface area contributed by atoms with Crippen LogP contribution in [0.2, 0.25) is 0 Å². The minimum absolute atomic E-state index is 0.0567. The maximum absolute atomic E-state index is 13.7. The molecule has 0 amide bonds. The lowest BCUT2D eigenvalue weighted by molar-refractivity contribution is -0.122. The molecule has 0 fully saturated rings. The van der Waals surface area contributed by atoms with Crippen LogP contribution in [-0.4, -0.2) is 37.4 Å². The van der Waals surface area contributed by atoms with Gasteiger partial charge in [-0.3, -0.25) is 0 Å². The molecule has 5 rings (SSSR count). The van der Waals surface area contributed by atoms with Crippen molar-refractivity contribution in [2.75, 3.05) is 13.2 Å². The summed E-state index contributed by atoms with van der Waals surface area (Å²) < 4.78 is 51.1. The summed E-state index contributed by atoms with van der Waals surface area (Å²) in [5.41, 5.74) is 1.01. The van der Waals surface area contributed by atoms with Gasteiger partial charge in [-0.25, -0.2) is 0 Å². The molecule has 0 aromatic heterocycles. The molecule has 0 saturated heterocycles. The van der Waals surface area contributed by atoms with E-state index in [1.165, 1.54) is 12.1 Å². The molecule has 2 aliphatic rings. The maximum Gasteiger partial charge on any atom is 0.339 e. The van der Waals surface area contributed by atoms with Crippen molar-refractivity contribution in [2.45, 2.75) is 83.0 Å². The molecule has 2 aliphatic heterocycles. The maximum atomic E-state index is 13.7. The lowest BCUT2D eigenvalue weighted by Crippen LogP contribution is -2.44. The fraction of sp³-hybridized carbons (Fsp3) is 0.438. The van der Waals surface area contributed by atoms with E-state index in [1.807, 2.05) is 27.7 Å². The minimum atomic E-state index is -4.32. The predicted molar refractivity (Wildman–Crippen MR) is 155 cm³/mol. The summed E-state index contributed by atoms with van der Waals surface area (Å²) >= 11 is 0. The van der Waals surface area contributed by atoms with Crippen LogP contribution in [-0.2, 0) is 22.1 Å². The molecule has 0 radical (unpaired) electrons.